The number of hydrogen-bond donors (Lipinski definition) is 1. The average molecular weight is 376 g/mol. The predicted octanol–water partition coefficient (Wildman–Crippen LogP) is 3.62. The van der Waals surface area contributed by atoms with Crippen molar-refractivity contribution >= 4 is 23.4 Å². The molecule has 5 heteroatoms. The Labute approximate surface area is 162 Å². The minimum atomic E-state index is -0.408. The molecule has 0 atom stereocenters. The van der Waals surface area contributed by atoms with Crippen molar-refractivity contribution in [1.29, 1.82) is 0 Å². The van der Waals surface area contributed by atoms with Crippen LogP contribution in [-0.4, -0.2) is 66.0 Å². The first-order valence-electron chi connectivity index (χ1n) is 9.98. The van der Waals surface area contributed by atoms with Gasteiger partial charge < -0.3 is 10.2 Å². The lowest BCUT2D eigenvalue weighted by Crippen LogP contribution is -2.59. The first-order chi connectivity index (χ1) is 12.6. The third-order valence-corrected chi connectivity index (χ3v) is 6.41. The minimum Gasteiger partial charge on any atom is -0.371 e. The van der Waals surface area contributed by atoms with Crippen LogP contribution in [0.2, 0.25) is 0 Å². The third kappa shape index (κ3) is 4.74. The fourth-order valence-electron chi connectivity index (χ4n) is 4.16. The molecule has 144 valence electrons. The highest BCUT2D eigenvalue weighted by Crippen LogP contribution is 2.34. The summed E-state index contributed by atoms with van der Waals surface area (Å²) in [6.07, 6.45) is 7.58. The highest BCUT2D eigenvalue weighted by atomic mass is 32.2. The van der Waals surface area contributed by atoms with Crippen molar-refractivity contribution in [2.24, 2.45) is 0 Å². The van der Waals surface area contributed by atoms with E-state index >= 15 is 0 Å². The smallest absolute Gasteiger partial charge is 0.248 e. The van der Waals surface area contributed by atoms with E-state index in [1.807, 2.05) is 11.8 Å². The second-order valence-corrected chi connectivity index (χ2v) is 8.75. The van der Waals surface area contributed by atoms with Crippen LogP contribution >= 0.6 is 11.8 Å². The van der Waals surface area contributed by atoms with Gasteiger partial charge in [-0.2, -0.15) is 11.8 Å². The molecule has 0 aromatic heterocycles. The fraction of sp³-hybridized carbons (Fsp3) is 0.667. The molecule has 1 aliphatic heterocycles. The van der Waals surface area contributed by atoms with Crippen LogP contribution in [0.25, 0.3) is 0 Å². The van der Waals surface area contributed by atoms with E-state index in [0.717, 1.165) is 64.1 Å². The largest absolute Gasteiger partial charge is 0.371 e. The lowest BCUT2D eigenvalue weighted by atomic mass is 9.80. The van der Waals surface area contributed by atoms with Gasteiger partial charge in [0.25, 0.3) is 0 Å². The highest BCUT2D eigenvalue weighted by molar-refractivity contribution is 7.98. The van der Waals surface area contributed by atoms with Crippen molar-refractivity contribution < 1.29 is 4.79 Å². The molecular weight excluding hydrogens is 342 g/mol. The summed E-state index contributed by atoms with van der Waals surface area (Å²) in [5, 5.41) is 3.66. The Bertz CT molecular complexity index is 575. The fourth-order valence-corrected chi connectivity index (χ4v) is 4.60. The molecule has 1 saturated carbocycles. The van der Waals surface area contributed by atoms with Crippen LogP contribution in [0.4, 0.5) is 5.69 Å². The first kappa shape index (κ1) is 19.6. The van der Waals surface area contributed by atoms with Gasteiger partial charge in [0.15, 0.2) is 0 Å². The van der Waals surface area contributed by atoms with Crippen molar-refractivity contribution in [3.05, 3.63) is 29.8 Å². The minimum absolute atomic E-state index is 0.322. The number of benzene rings is 1. The van der Waals surface area contributed by atoms with Gasteiger partial charge >= 0.3 is 0 Å². The SMILES string of the molecule is CSCCN1CCN(C(=O)C2(Nc3ccc(C)cc3)CCCCC2)CC1. The van der Waals surface area contributed by atoms with E-state index in [2.05, 4.69) is 52.6 Å². The molecule has 0 spiro atoms. The van der Waals surface area contributed by atoms with Gasteiger partial charge in [-0.3, -0.25) is 9.69 Å². The summed E-state index contributed by atoms with van der Waals surface area (Å²) < 4.78 is 0. The molecule has 1 saturated heterocycles. The second-order valence-electron chi connectivity index (χ2n) is 7.76. The Morgan fingerprint density at radius 3 is 2.35 bits per heavy atom. The first-order valence-corrected chi connectivity index (χ1v) is 11.4. The molecule has 0 unspecified atom stereocenters. The highest BCUT2D eigenvalue weighted by Gasteiger charge is 2.42. The number of nitrogens with zero attached hydrogens (tertiary/aromatic N) is 2. The number of piperazine rings is 1. The zero-order valence-corrected chi connectivity index (χ0v) is 17.1. The van der Waals surface area contributed by atoms with Crippen molar-refractivity contribution in [2.75, 3.05) is 50.0 Å². The number of aryl methyl sites for hydroxylation is 1. The summed E-state index contributed by atoms with van der Waals surface area (Å²) in [7, 11) is 0. The third-order valence-electron chi connectivity index (χ3n) is 5.82. The molecule has 0 bridgehead atoms. The van der Waals surface area contributed by atoms with Crippen LogP contribution in [0.15, 0.2) is 24.3 Å². The molecule has 3 rings (SSSR count). The van der Waals surface area contributed by atoms with Crippen molar-refractivity contribution in [2.45, 2.75) is 44.6 Å². The van der Waals surface area contributed by atoms with Crippen LogP contribution < -0.4 is 5.32 Å². The topological polar surface area (TPSA) is 35.6 Å². The molecule has 0 radical (unpaired) electrons. The van der Waals surface area contributed by atoms with E-state index < -0.39 is 5.54 Å². The Balaban J connectivity index is 1.67. The Kier molecular flexibility index (Phi) is 6.87. The summed E-state index contributed by atoms with van der Waals surface area (Å²) in [4.78, 5) is 18.1. The van der Waals surface area contributed by atoms with E-state index in [9.17, 15) is 4.79 Å². The molecule has 1 N–H and O–H groups in total. The molecule has 1 heterocycles. The van der Waals surface area contributed by atoms with E-state index in [-0.39, 0.29) is 0 Å². The number of thioether (sulfide) groups is 1. The molecule has 1 amide bonds. The molecule has 2 aliphatic rings. The molecular formula is C21H33N3OS. The molecule has 1 aromatic rings. The van der Waals surface area contributed by atoms with Gasteiger partial charge in [-0.15, -0.1) is 0 Å². The predicted molar refractivity (Wildman–Crippen MR) is 112 cm³/mol. The van der Waals surface area contributed by atoms with Crippen LogP contribution in [-0.2, 0) is 4.79 Å². The maximum absolute atomic E-state index is 13.5. The van der Waals surface area contributed by atoms with Crippen molar-refractivity contribution in [3.8, 4) is 0 Å². The number of carbonyl (C=O) groups is 1. The lowest BCUT2D eigenvalue weighted by molar-refractivity contribution is -0.139. The number of amides is 1. The van der Waals surface area contributed by atoms with E-state index in [0.29, 0.717) is 5.91 Å². The van der Waals surface area contributed by atoms with E-state index in [1.54, 1.807) is 0 Å². The summed E-state index contributed by atoms with van der Waals surface area (Å²) in [6.45, 7) is 6.98. The molecule has 1 aliphatic carbocycles. The Morgan fingerprint density at radius 2 is 1.73 bits per heavy atom. The maximum atomic E-state index is 13.5. The number of rotatable bonds is 6. The summed E-state index contributed by atoms with van der Waals surface area (Å²) in [6, 6.07) is 8.46. The van der Waals surface area contributed by atoms with Gasteiger partial charge in [-0.25, -0.2) is 0 Å². The number of carbonyl (C=O) groups excluding carboxylic acids is 1. The van der Waals surface area contributed by atoms with Crippen LogP contribution in [0, 0.1) is 6.92 Å². The molecule has 2 fully saturated rings. The number of nitrogens with one attached hydrogen (secondary N) is 1. The van der Waals surface area contributed by atoms with E-state index in [4.69, 9.17) is 0 Å². The van der Waals surface area contributed by atoms with Crippen LogP contribution in [0.1, 0.15) is 37.7 Å². The van der Waals surface area contributed by atoms with Gasteiger partial charge in [0.1, 0.15) is 5.54 Å². The summed E-state index contributed by atoms with van der Waals surface area (Å²) >= 11 is 1.89. The quantitative estimate of drug-likeness (QED) is 0.824. The molecule has 4 nitrogen and oxygen atoms in total. The van der Waals surface area contributed by atoms with Gasteiger partial charge in [-0.05, 0) is 38.2 Å². The van der Waals surface area contributed by atoms with Gasteiger partial charge in [-0.1, -0.05) is 37.0 Å². The van der Waals surface area contributed by atoms with Gasteiger partial charge in [0, 0.05) is 44.2 Å². The van der Waals surface area contributed by atoms with Crippen LogP contribution in [0.3, 0.4) is 0 Å². The zero-order chi connectivity index (χ0) is 18.4. The standard InChI is InChI=1S/C21H33N3OS/c1-18-6-8-19(9-7-18)22-21(10-4-3-5-11-21)20(25)24-14-12-23(13-15-24)16-17-26-2/h6-9,22H,3-5,10-17H2,1-2H3. The second kappa shape index (κ2) is 9.14. The Morgan fingerprint density at radius 1 is 1.08 bits per heavy atom. The maximum Gasteiger partial charge on any atom is 0.248 e. The summed E-state index contributed by atoms with van der Waals surface area (Å²) in [5.41, 5.74) is 1.92. The molecule has 1 aromatic carbocycles. The van der Waals surface area contributed by atoms with E-state index in [1.165, 1.54) is 17.7 Å². The van der Waals surface area contributed by atoms with Gasteiger partial charge in [0.2, 0.25) is 5.91 Å². The van der Waals surface area contributed by atoms with Crippen molar-refractivity contribution in [1.82, 2.24) is 9.80 Å². The Hall–Kier alpha value is -1.20. The van der Waals surface area contributed by atoms with Gasteiger partial charge in [0.05, 0.1) is 0 Å². The summed E-state index contributed by atoms with van der Waals surface area (Å²) in [5.74, 6) is 1.50. The monoisotopic (exact) mass is 375 g/mol. The van der Waals surface area contributed by atoms with Crippen LogP contribution in [0.5, 0.6) is 0 Å². The zero-order valence-electron chi connectivity index (χ0n) is 16.3. The molecule has 26 heavy (non-hydrogen) atoms. The van der Waals surface area contributed by atoms with Crippen molar-refractivity contribution in [3.63, 3.8) is 0 Å². The number of anilines is 1. The average Bonchev–Trinajstić information content (AvgIpc) is 2.69. The normalized spacial score (nSPS) is 20.8. The number of hydrogen-bond acceptors (Lipinski definition) is 4. The lowest BCUT2D eigenvalue weighted by Gasteiger charge is -2.43.